The molecule has 0 amide bonds. The second-order valence-corrected chi connectivity index (χ2v) is 4.80. The van der Waals surface area contributed by atoms with E-state index in [0.29, 0.717) is 5.56 Å². The molecule has 0 N–H and O–H groups in total. The average Bonchev–Trinajstić information content (AvgIpc) is 2.92. The topological polar surface area (TPSA) is 35.5 Å². The molecule has 1 saturated carbocycles. The van der Waals surface area contributed by atoms with Crippen molar-refractivity contribution < 1.29 is 14.3 Å². The van der Waals surface area contributed by atoms with Gasteiger partial charge in [-0.3, -0.25) is 0 Å². The number of hydrogen-bond acceptors (Lipinski definition) is 3. The van der Waals surface area contributed by atoms with E-state index in [9.17, 15) is 4.79 Å². The summed E-state index contributed by atoms with van der Waals surface area (Å²) in [5.74, 6) is 1.35. The highest BCUT2D eigenvalue weighted by atomic mass is 16.5. The highest BCUT2D eigenvalue weighted by molar-refractivity contribution is 5.89. The lowest BCUT2D eigenvalue weighted by Gasteiger charge is -2.10. The number of carbonyl (C=O) groups excluding carboxylic acids is 1. The summed E-state index contributed by atoms with van der Waals surface area (Å²) in [6, 6.07) is 7.11. The Bertz CT molecular complexity index is 377. The number of rotatable bonds is 5. The zero-order valence-corrected chi connectivity index (χ0v) is 10.9. The van der Waals surface area contributed by atoms with Gasteiger partial charge in [0.05, 0.1) is 19.3 Å². The first-order valence-electron chi connectivity index (χ1n) is 6.61. The van der Waals surface area contributed by atoms with Gasteiger partial charge in [0.25, 0.3) is 0 Å². The van der Waals surface area contributed by atoms with Gasteiger partial charge in [0.2, 0.25) is 0 Å². The predicted molar refractivity (Wildman–Crippen MR) is 69.9 cm³/mol. The maximum atomic E-state index is 11.2. The van der Waals surface area contributed by atoms with Crippen molar-refractivity contribution in [2.24, 2.45) is 5.92 Å². The predicted octanol–water partition coefficient (Wildman–Crippen LogP) is 3.43. The molecule has 0 heterocycles. The van der Waals surface area contributed by atoms with Crippen molar-refractivity contribution in [3.8, 4) is 5.75 Å². The lowest BCUT2D eigenvalue weighted by atomic mass is 10.1. The SMILES string of the molecule is COC(=O)c1ccc(OCCC2CCCC2)cc1. The molecule has 0 aromatic heterocycles. The highest BCUT2D eigenvalue weighted by Crippen LogP contribution is 2.27. The van der Waals surface area contributed by atoms with Gasteiger partial charge >= 0.3 is 5.97 Å². The molecular weight excluding hydrogens is 228 g/mol. The molecule has 98 valence electrons. The fourth-order valence-corrected chi connectivity index (χ4v) is 2.45. The fraction of sp³-hybridized carbons (Fsp3) is 0.533. The molecule has 0 unspecified atom stereocenters. The van der Waals surface area contributed by atoms with Crippen LogP contribution in [0.3, 0.4) is 0 Å². The van der Waals surface area contributed by atoms with Gasteiger partial charge in [-0.1, -0.05) is 25.7 Å². The minimum atomic E-state index is -0.312. The Labute approximate surface area is 108 Å². The van der Waals surface area contributed by atoms with Crippen molar-refractivity contribution in [3.63, 3.8) is 0 Å². The Balaban J connectivity index is 1.77. The molecule has 0 radical (unpaired) electrons. The summed E-state index contributed by atoms with van der Waals surface area (Å²) in [5, 5.41) is 0. The van der Waals surface area contributed by atoms with Crippen LogP contribution in [0.1, 0.15) is 42.5 Å². The minimum absolute atomic E-state index is 0.312. The third-order valence-electron chi connectivity index (χ3n) is 3.54. The molecule has 0 saturated heterocycles. The van der Waals surface area contributed by atoms with Crippen LogP contribution in [0.2, 0.25) is 0 Å². The third-order valence-corrected chi connectivity index (χ3v) is 3.54. The van der Waals surface area contributed by atoms with E-state index in [1.54, 1.807) is 12.1 Å². The number of esters is 1. The average molecular weight is 248 g/mol. The summed E-state index contributed by atoms with van der Waals surface area (Å²) >= 11 is 0. The second-order valence-electron chi connectivity index (χ2n) is 4.80. The van der Waals surface area contributed by atoms with Gasteiger partial charge in [-0.15, -0.1) is 0 Å². The summed E-state index contributed by atoms with van der Waals surface area (Å²) in [4.78, 5) is 11.2. The molecule has 1 aliphatic rings. The number of benzene rings is 1. The Morgan fingerprint density at radius 3 is 2.50 bits per heavy atom. The summed E-state index contributed by atoms with van der Waals surface area (Å²) in [5.41, 5.74) is 0.556. The van der Waals surface area contributed by atoms with Gasteiger partial charge in [0, 0.05) is 0 Å². The van der Waals surface area contributed by atoms with Crippen molar-refractivity contribution in [2.45, 2.75) is 32.1 Å². The maximum absolute atomic E-state index is 11.2. The Morgan fingerprint density at radius 2 is 1.89 bits per heavy atom. The standard InChI is InChI=1S/C15H20O3/c1-17-15(16)13-6-8-14(9-7-13)18-11-10-12-4-2-3-5-12/h6-9,12H,2-5,10-11H2,1H3. The van der Waals surface area contributed by atoms with Crippen LogP contribution < -0.4 is 4.74 Å². The molecule has 1 aromatic carbocycles. The van der Waals surface area contributed by atoms with Crippen LogP contribution in [0.15, 0.2) is 24.3 Å². The first-order chi connectivity index (χ1) is 8.79. The van der Waals surface area contributed by atoms with Gasteiger partial charge in [-0.2, -0.15) is 0 Å². The summed E-state index contributed by atoms with van der Waals surface area (Å²) in [6.45, 7) is 0.766. The normalized spacial score (nSPS) is 15.6. The van der Waals surface area contributed by atoms with Gasteiger partial charge in [-0.25, -0.2) is 4.79 Å². The van der Waals surface area contributed by atoms with E-state index in [2.05, 4.69) is 4.74 Å². The summed E-state index contributed by atoms with van der Waals surface area (Å²) in [6.07, 6.45) is 6.59. The molecule has 0 atom stereocenters. The van der Waals surface area contributed by atoms with Crippen LogP contribution in [-0.4, -0.2) is 19.7 Å². The fourth-order valence-electron chi connectivity index (χ4n) is 2.45. The molecule has 0 bridgehead atoms. The lowest BCUT2D eigenvalue weighted by molar-refractivity contribution is 0.0600. The van der Waals surface area contributed by atoms with Gasteiger partial charge < -0.3 is 9.47 Å². The zero-order chi connectivity index (χ0) is 12.8. The molecular formula is C15H20O3. The Hall–Kier alpha value is -1.51. The molecule has 1 fully saturated rings. The molecule has 1 aromatic rings. The van der Waals surface area contributed by atoms with E-state index in [-0.39, 0.29) is 5.97 Å². The third kappa shape index (κ3) is 3.49. The van der Waals surface area contributed by atoms with Crippen LogP contribution in [0.4, 0.5) is 0 Å². The molecule has 18 heavy (non-hydrogen) atoms. The first-order valence-corrected chi connectivity index (χ1v) is 6.61. The van der Waals surface area contributed by atoms with Crippen LogP contribution in [0.25, 0.3) is 0 Å². The van der Waals surface area contributed by atoms with E-state index in [4.69, 9.17) is 4.74 Å². The van der Waals surface area contributed by atoms with Gasteiger partial charge in [0.1, 0.15) is 5.75 Å². The minimum Gasteiger partial charge on any atom is -0.494 e. The van der Waals surface area contributed by atoms with Crippen LogP contribution in [0.5, 0.6) is 5.75 Å². The summed E-state index contributed by atoms with van der Waals surface area (Å²) < 4.78 is 10.3. The van der Waals surface area contributed by atoms with Gasteiger partial charge in [-0.05, 0) is 36.6 Å². The van der Waals surface area contributed by atoms with E-state index < -0.39 is 0 Å². The number of hydrogen-bond donors (Lipinski definition) is 0. The molecule has 2 rings (SSSR count). The Kier molecular flexibility index (Phi) is 4.62. The molecule has 0 aliphatic heterocycles. The molecule has 0 spiro atoms. The Morgan fingerprint density at radius 1 is 1.22 bits per heavy atom. The molecule has 3 heteroatoms. The largest absolute Gasteiger partial charge is 0.494 e. The summed E-state index contributed by atoms with van der Waals surface area (Å²) in [7, 11) is 1.38. The van der Waals surface area contributed by atoms with Crippen molar-refractivity contribution in [2.75, 3.05) is 13.7 Å². The van der Waals surface area contributed by atoms with Gasteiger partial charge in [0.15, 0.2) is 0 Å². The van der Waals surface area contributed by atoms with E-state index in [1.807, 2.05) is 12.1 Å². The highest BCUT2D eigenvalue weighted by Gasteiger charge is 2.14. The molecule has 3 nitrogen and oxygen atoms in total. The van der Waals surface area contributed by atoms with E-state index in [0.717, 1.165) is 24.7 Å². The lowest BCUT2D eigenvalue weighted by Crippen LogP contribution is -2.04. The monoisotopic (exact) mass is 248 g/mol. The van der Waals surface area contributed by atoms with Crippen molar-refractivity contribution in [1.82, 2.24) is 0 Å². The van der Waals surface area contributed by atoms with Crippen LogP contribution >= 0.6 is 0 Å². The number of ether oxygens (including phenoxy) is 2. The first kappa shape index (κ1) is 12.9. The second kappa shape index (κ2) is 6.43. The smallest absolute Gasteiger partial charge is 0.337 e. The zero-order valence-electron chi connectivity index (χ0n) is 10.9. The number of methoxy groups -OCH3 is 1. The maximum Gasteiger partial charge on any atom is 0.337 e. The van der Waals surface area contributed by atoms with Crippen molar-refractivity contribution in [1.29, 1.82) is 0 Å². The van der Waals surface area contributed by atoms with E-state index >= 15 is 0 Å². The van der Waals surface area contributed by atoms with Crippen LogP contribution in [-0.2, 0) is 4.74 Å². The quantitative estimate of drug-likeness (QED) is 0.749. The van der Waals surface area contributed by atoms with Crippen LogP contribution in [0, 0.1) is 5.92 Å². The van der Waals surface area contributed by atoms with E-state index in [1.165, 1.54) is 32.8 Å². The van der Waals surface area contributed by atoms with Crippen molar-refractivity contribution >= 4 is 5.97 Å². The molecule has 1 aliphatic carbocycles. The van der Waals surface area contributed by atoms with Crippen molar-refractivity contribution in [3.05, 3.63) is 29.8 Å². The number of carbonyl (C=O) groups is 1.